The van der Waals surface area contributed by atoms with Crippen LogP contribution >= 0.6 is 0 Å². The maximum absolute atomic E-state index is 3.71. The molecule has 2 rings (SSSR count). The molecule has 2 nitrogen and oxygen atoms in total. The molecule has 1 N–H and O–H groups in total. The number of rotatable bonds is 6. The van der Waals surface area contributed by atoms with E-state index in [1.165, 1.54) is 43.5 Å². The van der Waals surface area contributed by atoms with Crippen molar-refractivity contribution < 1.29 is 0 Å². The fraction of sp³-hybridized carbons (Fsp3) is 0.667. The summed E-state index contributed by atoms with van der Waals surface area (Å²) in [6.45, 7) is 8.89. The smallest absolute Gasteiger partial charge is 0.0367 e. The van der Waals surface area contributed by atoms with Gasteiger partial charge in [-0.15, -0.1) is 0 Å². The van der Waals surface area contributed by atoms with E-state index in [4.69, 9.17) is 0 Å². The van der Waals surface area contributed by atoms with E-state index < -0.39 is 0 Å². The molecule has 0 aromatic heterocycles. The minimum atomic E-state index is 0.678. The summed E-state index contributed by atoms with van der Waals surface area (Å²) in [6.07, 6.45) is 6.80. The van der Waals surface area contributed by atoms with E-state index in [1.54, 1.807) is 0 Å². The number of nitrogens with zero attached hydrogens (tertiary/aromatic N) is 1. The van der Waals surface area contributed by atoms with Gasteiger partial charge in [-0.1, -0.05) is 13.3 Å². The first-order valence-electron chi connectivity index (χ1n) is 8.38. The van der Waals surface area contributed by atoms with Crippen molar-refractivity contribution >= 4 is 11.4 Å². The van der Waals surface area contributed by atoms with Gasteiger partial charge >= 0.3 is 0 Å². The van der Waals surface area contributed by atoms with Gasteiger partial charge in [0.1, 0.15) is 0 Å². The molecule has 1 aromatic carbocycles. The summed E-state index contributed by atoms with van der Waals surface area (Å²) in [4.78, 5) is 2.39. The standard InChI is InChI=1S/C18H30N2/c1-4-15-7-9-16(10-8-15)19-17-11-13-18(14-12-17)20(5-2)6-3/h11-16,19H,4-10H2,1-3H3. The summed E-state index contributed by atoms with van der Waals surface area (Å²) in [7, 11) is 0. The quantitative estimate of drug-likeness (QED) is 0.792. The van der Waals surface area contributed by atoms with Crippen molar-refractivity contribution in [1.82, 2.24) is 0 Å². The molecular weight excluding hydrogens is 244 g/mol. The van der Waals surface area contributed by atoms with Gasteiger partial charge in [-0.3, -0.25) is 0 Å². The van der Waals surface area contributed by atoms with E-state index in [1.807, 2.05) is 0 Å². The molecule has 0 spiro atoms. The molecule has 0 heterocycles. The Kier molecular flexibility index (Phi) is 5.75. The molecular formula is C18H30N2. The lowest BCUT2D eigenvalue weighted by Gasteiger charge is -2.29. The minimum Gasteiger partial charge on any atom is -0.382 e. The SMILES string of the molecule is CCC1CCC(Nc2ccc(N(CC)CC)cc2)CC1. The Balaban J connectivity index is 1.88. The molecule has 1 aliphatic rings. The largest absolute Gasteiger partial charge is 0.382 e. The highest BCUT2D eigenvalue weighted by Gasteiger charge is 2.19. The van der Waals surface area contributed by atoms with Gasteiger partial charge in [-0.2, -0.15) is 0 Å². The molecule has 2 heteroatoms. The first-order chi connectivity index (χ1) is 9.76. The van der Waals surface area contributed by atoms with Crippen molar-refractivity contribution in [2.45, 2.75) is 58.9 Å². The number of hydrogen-bond acceptors (Lipinski definition) is 2. The Morgan fingerprint density at radius 3 is 2.05 bits per heavy atom. The molecule has 0 radical (unpaired) electrons. The molecule has 1 fully saturated rings. The Morgan fingerprint density at radius 1 is 0.950 bits per heavy atom. The average molecular weight is 274 g/mol. The van der Waals surface area contributed by atoms with Gasteiger partial charge in [0.2, 0.25) is 0 Å². The fourth-order valence-electron chi connectivity index (χ4n) is 3.31. The third-order valence-corrected chi connectivity index (χ3v) is 4.79. The molecule has 112 valence electrons. The van der Waals surface area contributed by atoms with Crippen LogP contribution in [0.1, 0.15) is 52.9 Å². The third-order valence-electron chi connectivity index (χ3n) is 4.79. The Hall–Kier alpha value is -1.18. The lowest BCUT2D eigenvalue weighted by Crippen LogP contribution is -2.26. The molecule has 1 aromatic rings. The first kappa shape index (κ1) is 15.2. The van der Waals surface area contributed by atoms with Crippen LogP contribution in [0.5, 0.6) is 0 Å². The Bertz CT molecular complexity index is 373. The second-order valence-corrected chi connectivity index (χ2v) is 5.99. The molecule has 0 atom stereocenters. The lowest BCUT2D eigenvalue weighted by atomic mass is 9.84. The van der Waals surface area contributed by atoms with Gasteiger partial charge in [-0.05, 0) is 69.7 Å². The third kappa shape index (κ3) is 3.91. The van der Waals surface area contributed by atoms with Crippen LogP contribution in [0.25, 0.3) is 0 Å². The number of hydrogen-bond donors (Lipinski definition) is 1. The normalized spacial score (nSPS) is 22.6. The highest BCUT2D eigenvalue weighted by atomic mass is 15.1. The van der Waals surface area contributed by atoms with Gasteiger partial charge in [0.15, 0.2) is 0 Å². The summed E-state index contributed by atoms with van der Waals surface area (Å²) in [5.74, 6) is 0.970. The zero-order valence-electron chi connectivity index (χ0n) is 13.4. The Morgan fingerprint density at radius 2 is 1.55 bits per heavy atom. The second-order valence-electron chi connectivity index (χ2n) is 5.99. The molecule has 0 amide bonds. The van der Waals surface area contributed by atoms with Gasteiger partial charge in [0.25, 0.3) is 0 Å². The summed E-state index contributed by atoms with van der Waals surface area (Å²) in [5, 5.41) is 3.71. The highest BCUT2D eigenvalue weighted by Crippen LogP contribution is 2.28. The van der Waals surface area contributed by atoms with Crippen LogP contribution in [0.2, 0.25) is 0 Å². The van der Waals surface area contributed by atoms with E-state index in [0.29, 0.717) is 6.04 Å². The Labute approximate surface area is 124 Å². The monoisotopic (exact) mass is 274 g/mol. The van der Waals surface area contributed by atoms with Crippen molar-refractivity contribution in [3.8, 4) is 0 Å². The van der Waals surface area contributed by atoms with Crippen LogP contribution in [-0.2, 0) is 0 Å². The predicted octanol–water partition coefficient (Wildman–Crippen LogP) is 4.91. The van der Waals surface area contributed by atoms with Gasteiger partial charge in [0, 0.05) is 30.5 Å². The van der Waals surface area contributed by atoms with E-state index in [-0.39, 0.29) is 0 Å². The van der Waals surface area contributed by atoms with Crippen molar-refractivity contribution in [3.63, 3.8) is 0 Å². The van der Waals surface area contributed by atoms with Crippen molar-refractivity contribution in [2.75, 3.05) is 23.3 Å². The van der Waals surface area contributed by atoms with E-state index >= 15 is 0 Å². The van der Waals surface area contributed by atoms with E-state index in [2.05, 4.69) is 55.3 Å². The molecule has 1 saturated carbocycles. The minimum absolute atomic E-state index is 0.678. The van der Waals surface area contributed by atoms with Crippen LogP contribution in [0, 0.1) is 5.92 Å². The van der Waals surface area contributed by atoms with Crippen LogP contribution in [0.4, 0.5) is 11.4 Å². The van der Waals surface area contributed by atoms with Crippen LogP contribution in [-0.4, -0.2) is 19.1 Å². The van der Waals surface area contributed by atoms with Crippen LogP contribution in [0.15, 0.2) is 24.3 Å². The van der Waals surface area contributed by atoms with Gasteiger partial charge < -0.3 is 10.2 Å². The maximum Gasteiger partial charge on any atom is 0.0367 e. The highest BCUT2D eigenvalue weighted by molar-refractivity contribution is 5.55. The van der Waals surface area contributed by atoms with Crippen molar-refractivity contribution in [2.24, 2.45) is 5.92 Å². The van der Waals surface area contributed by atoms with Crippen molar-refractivity contribution in [3.05, 3.63) is 24.3 Å². The topological polar surface area (TPSA) is 15.3 Å². The lowest BCUT2D eigenvalue weighted by molar-refractivity contribution is 0.330. The van der Waals surface area contributed by atoms with Crippen molar-refractivity contribution in [1.29, 1.82) is 0 Å². The van der Waals surface area contributed by atoms with Crippen LogP contribution < -0.4 is 10.2 Å². The van der Waals surface area contributed by atoms with E-state index in [9.17, 15) is 0 Å². The zero-order chi connectivity index (χ0) is 14.4. The molecule has 20 heavy (non-hydrogen) atoms. The number of benzene rings is 1. The number of nitrogens with one attached hydrogen (secondary N) is 1. The zero-order valence-corrected chi connectivity index (χ0v) is 13.4. The maximum atomic E-state index is 3.71. The summed E-state index contributed by atoms with van der Waals surface area (Å²) in [5.41, 5.74) is 2.61. The van der Waals surface area contributed by atoms with Crippen LogP contribution in [0.3, 0.4) is 0 Å². The summed E-state index contributed by atoms with van der Waals surface area (Å²) >= 11 is 0. The fourth-order valence-corrected chi connectivity index (χ4v) is 3.31. The average Bonchev–Trinajstić information content (AvgIpc) is 2.51. The molecule has 0 aliphatic heterocycles. The number of anilines is 2. The second kappa shape index (κ2) is 7.56. The first-order valence-corrected chi connectivity index (χ1v) is 8.38. The van der Waals surface area contributed by atoms with Gasteiger partial charge in [-0.25, -0.2) is 0 Å². The van der Waals surface area contributed by atoms with E-state index in [0.717, 1.165) is 19.0 Å². The summed E-state index contributed by atoms with van der Waals surface area (Å²) in [6, 6.07) is 9.64. The predicted molar refractivity (Wildman–Crippen MR) is 89.7 cm³/mol. The molecule has 0 unspecified atom stereocenters. The van der Waals surface area contributed by atoms with Gasteiger partial charge in [0.05, 0.1) is 0 Å². The summed E-state index contributed by atoms with van der Waals surface area (Å²) < 4.78 is 0. The molecule has 1 aliphatic carbocycles. The molecule has 0 bridgehead atoms. The molecule has 0 saturated heterocycles.